The van der Waals surface area contributed by atoms with Gasteiger partial charge >= 0.3 is 6.09 Å². The summed E-state index contributed by atoms with van der Waals surface area (Å²) < 4.78 is 63.8. The van der Waals surface area contributed by atoms with Crippen LogP contribution in [-0.2, 0) is 22.4 Å². The Labute approximate surface area is 237 Å². The topological polar surface area (TPSA) is 145 Å². The Bertz CT molecular complexity index is 1280. The van der Waals surface area contributed by atoms with Crippen molar-refractivity contribution in [2.45, 2.75) is 50.1 Å². The normalized spacial score (nSPS) is 16.0. The molecule has 0 unspecified atom stereocenters. The molecule has 0 aliphatic carbocycles. The molecule has 1 fully saturated rings. The Morgan fingerprint density at radius 3 is 2.67 bits per heavy atom. The molecule has 11 nitrogen and oxygen atoms in total. The van der Waals surface area contributed by atoms with Gasteiger partial charge < -0.3 is 19.8 Å². The number of rotatable bonds is 12. The Balaban J connectivity index is 1.77. The zero-order valence-electron chi connectivity index (χ0n) is 22.6. The van der Waals surface area contributed by atoms with Crippen molar-refractivity contribution in [1.82, 2.24) is 23.9 Å². The summed E-state index contributed by atoms with van der Waals surface area (Å²) in [5.74, 6) is -1.81. The average Bonchev–Trinajstić information content (AvgIpc) is 3.14. The third-order valence-electron chi connectivity index (χ3n) is 6.04. The van der Waals surface area contributed by atoms with E-state index in [1.807, 2.05) is 0 Å². The van der Waals surface area contributed by atoms with Crippen LogP contribution in [0.5, 0.6) is 5.88 Å². The second-order valence-corrected chi connectivity index (χ2v) is 12.9. The molecular weight excluding hydrogens is 568 g/mol. The van der Waals surface area contributed by atoms with Crippen LogP contribution in [0.3, 0.4) is 0 Å². The van der Waals surface area contributed by atoms with Gasteiger partial charge in [-0.25, -0.2) is 18.6 Å². The van der Waals surface area contributed by atoms with Crippen LogP contribution >= 0.6 is 11.8 Å². The second kappa shape index (κ2) is 13.9. The summed E-state index contributed by atoms with van der Waals surface area (Å²) in [6, 6.07) is 5.48. The first-order valence-electron chi connectivity index (χ1n) is 12.7. The number of nitrogens with one attached hydrogen (secondary N) is 1. The number of carbonyl (C=O) groups is 1. The van der Waals surface area contributed by atoms with Gasteiger partial charge in [0.15, 0.2) is 16.8 Å². The summed E-state index contributed by atoms with van der Waals surface area (Å²) >= 11 is 1.07. The number of aromatic nitrogens is 2. The van der Waals surface area contributed by atoms with Gasteiger partial charge in [-0.2, -0.15) is 22.4 Å². The first-order chi connectivity index (χ1) is 18.8. The Morgan fingerprint density at radius 2 is 1.98 bits per heavy atom. The summed E-state index contributed by atoms with van der Waals surface area (Å²) in [7, 11) is -3.95. The van der Waals surface area contributed by atoms with Gasteiger partial charge in [0.1, 0.15) is 0 Å². The van der Waals surface area contributed by atoms with Crippen LogP contribution in [0, 0.1) is 17.6 Å². The van der Waals surface area contributed by atoms with Gasteiger partial charge in [0.25, 0.3) is 10.2 Å². The van der Waals surface area contributed by atoms with Crippen LogP contribution in [-0.4, -0.2) is 88.8 Å². The minimum absolute atomic E-state index is 0.0314. The number of aliphatic hydroxyl groups excluding tert-OH is 1. The van der Waals surface area contributed by atoms with E-state index in [1.54, 1.807) is 26.8 Å². The Hall–Kier alpha value is -2.59. The van der Waals surface area contributed by atoms with Crippen molar-refractivity contribution < 1.29 is 36.9 Å². The molecule has 1 saturated heterocycles. The average molecular weight is 604 g/mol. The standard InChI is InChI=1S/C25H35F2N5O6S2/c1-17(14-33)15-38-21-12-19(28-23(29-21)39-16-18-6-4-7-20(26)22(18)27)13-25(2,3)30-40(36,37)32-9-5-8-31(10-11-32)24(34)35/h4,6-7,12,17,30,33H,5,8-11,13-16H2,1-3H3,(H,34,35)/t17-/m1/s1. The fourth-order valence-corrected chi connectivity index (χ4v) is 6.42. The summed E-state index contributed by atoms with van der Waals surface area (Å²) in [5.41, 5.74) is -0.426. The molecule has 0 bridgehead atoms. The number of hydrogen-bond acceptors (Lipinski definition) is 8. The van der Waals surface area contributed by atoms with Crippen molar-refractivity contribution in [3.8, 4) is 5.88 Å². The predicted molar refractivity (Wildman–Crippen MR) is 145 cm³/mol. The molecule has 1 aromatic carbocycles. The summed E-state index contributed by atoms with van der Waals surface area (Å²) in [6.45, 7) is 5.80. The lowest BCUT2D eigenvalue weighted by Crippen LogP contribution is -2.52. The smallest absolute Gasteiger partial charge is 0.407 e. The molecule has 3 rings (SSSR count). The first-order valence-corrected chi connectivity index (χ1v) is 15.2. The molecule has 2 heterocycles. The molecule has 1 amide bonds. The molecular formula is C25H35F2N5O6S2. The first kappa shape index (κ1) is 31.9. The number of thioether (sulfide) groups is 1. The fraction of sp³-hybridized carbons (Fsp3) is 0.560. The minimum Gasteiger partial charge on any atom is -0.477 e. The molecule has 0 spiro atoms. The van der Waals surface area contributed by atoms with Gasteiger partial charge in [0.05, 0.1) is 12.3 Å². The molecule has 40 heavy (non-hydrogen) atoms. The van der Waals surface area contributed by atoms with Crippen LogP contribution in [0.2, 0.25) is 0 Å². The van der Waals surface area contributed by atoms with Crippen molar-refractivity contribution >= 4 is 28.1 Å². The molecule has 3 N–H and O–H groups in total. The third kappa shape index (κ3) is 9.23. The van der Waals surface area contributed by atoms with Gasteiger partial charge in [0, 0.05) is 68.0 Å². The van der Waals surface area contributed by atoms with Crippen LogP contribution in [0.1, 0.15) is 38.4 Å². The van der Waals surface area contributed by atoms with Gasteiger partial charge in [0.2, 0.25) is 5.88 Å². The van der Waals surface area contributed by atoms with E-state index in [4.69, 9.17) is 4.74 Å². The number of hydrogen-bond donors (Lipinski definition) is 3. The molecule has 1 aliphatic rings. The number of benzene rings is 1. The monoisotopic (exact) mass is 603 g/mol. The lowest BCUT2D eigenvalue weighted by atomic mass is 10.00. The number of carboxylic acid groups (broad SMARTS) is 1. The van der Waals surface area contributed by atoms with E-state index in [9.17, 15) is 32.2 Å². The van der Waals surface area contributed by atoms with Crippen molar-refractivity contribution in [2.24, 2.45) is 5.92 Å². The summed E-state index contributed by atoms with van der Waals surface area (Å²) in [4.78, 5) is 21.3. The van der Waals surface area contributed by atoms with Crippen LogP contribution in [0.4, 0.5) is 13.6 Å². The Kier molecular flexibility index (Phi) is 11.1. The molecule has 0 saturated carbocycles. The maximum atomic E-state index is 14.2. The minimum atomic E-state index is -3.95. The molecule has 0 radical (unpaired) electrons. The molecule has 15 heteroatoms. The molecule has 1 atom stereocenters. The molecule has 1 aliphatic heterocycles. The zero-order valence-corrected chi connectivity index (χ0v) is 24.3. The number of nitrogens with zero attached hydrogens (tertiary/aromatic N) is 4. The van der Waals surface area contributed by atoms with E-state index in [2.05, 4.69) is 14.7 Å². The van der Waals surface area contributed by atoms with Crippen LogP contribution in [0.25, 0.3) is 0 Å². The third-order valence-corrected chi connectivity index (χ3v) is 8.80. The van der Waals surface area contributed by atoms with Gasteiger partial charge in [-0.05, 0) is 26.3 Å². The maximum absolute atomic E-state index is 14.2. The number of amides is 1. The Morgan fingerprint density at radius 1 is 1.23 bits per heavy atom. The highest BCUT2D eigenvalue weighted by Crippen LogP contribution is 2.26. The highest BCUT2D eigenvalue weighted by atomic mass is 32.2. The van der Waals surface area contributed by atoms with E-state index in [0.29, 0.717) is 12.1 Å². The summed E-state index contributed by atoms with van der Waals surface area (Å²) in [6.07, 6.45) is -0.576. The van der Waals surface area contributed by atoms with E-state index in [-0.39, 0.29) is 74.1 Å². The van der Waals surface area contributed by atoms with Crippen molar-refractivity contribution in [2.75, 3.05) is 39.4 Å². The van der Waals surface area contributed by atoms with Crippen molar-refractivity contribution in [3.05, 3.63) is 47.2 Å². The second-order valence-electron chi connectivity index (χ2n) is 10.3. The van der Waals surface area contributed by atoms with E-state index >= 15 is 0 Å². The lowest BCUT2D eigenvalue weighted by Gasteiger charge is -2.30. The quantitative estimate of drug-likeness (QED) is 0.246. The zero-order chi connectivity index (χ0) is 29.5. The van der Waals surface area contributed by atoms with Gasteiger partial charge in [-0.3, -0.25) is 0 Å². The van der Waals surface area contributed by atoms with Crippen LogP contribution in [0.15, 0.2) is 29.4 Å². The van der Waals surface area contributed by atoms with Gasteiger partial charge in [-0.15, -0.1) is 0 Å². The van der Waals surface area contributed by atoms with E-state index in [0.717, 1.165) is 17.8 Å². The fourth-order valence-electron chi connectivity index (χ4n) is 3.99. The SMILES string of the molecule is C[C@H](CO)COc1cc(CC(C)(C)NS(=O)(=O)N2CCCN(C(=O)O)CC2)nc(SCc2cccc(F)c2F)n1. The largest absolute Gasteiger partial charge is 0.477 e. The highest BCUT2D eigenvalue weighted by Gasteiger charge is 2.32. The predicted octanol–water partition coefficient (Wildman–Crippen LogP) is 2.90. The number of aliphatic hydroxyl groups is 1. The van der Waals surface area contributed by atoms with Gasteiger partial charge in [-0.1, -0.05) is 30.8 Å². The van der Waals surface area contributed by atoms with E-state index in [1.165, 1.54) is 21.3 Å². The number of ether oxygens (including phenoxy) is 1. The lowest BCUT2D eigenvalue weighted by molar-refractivity contribution is 0.147. The van der Waals surface area contributed by atoms with Crippen LogP contribution < -0.4 is 9.46 Å². The molecule has 222 valence electrons. The van der Waals surface area contributed by atoms with E-state index < -0.39 is 33.5 Å². The number of halogens is 2. The maximum Gasteiger partial charge on any atom is 0.407 e. The highest BCUT2D eigenvalue weighted by molar-refractivity contribution is 7.98. The van der Waals surface area contributed by atoms with Crippen molar-refractivity contribution in [1.29, 1.82) is 0 Å². The molecule has 2 aromatic rings. The van der Waals surface area contributed by atoms with Crippen molar-refractivity contribution in [3.63, 3.8) is 0 Å². The molecule has 1 aromatic heterocycles. The summed E-state index contributed by atoms with van der Waals surface area (Å²) in [5, 5.41) is 18.8.